The summed E-state index contributed by atoms with van der Waals surface area (Å²) >= 11 is 0. The molecule has 1 aromatic heterocycles. The Morgan fingerprint density at radius 3 is 2.77 bits per heavy atom. The number of rotatable bonds is 3. The van der Waals surface area contributed by atoms with E-state index < -0.39 is 6.10 Å². The third-order valence-corrected chi connectivity index (χ3v) is 2.08. The molecule has 1 atom stereocenters. The second kappa shape index (κ2) is 4.23. The molecular weight excluding hydrogens is 166 g/mol. The Kier molecular flexibility index (Phi) is 3.25. The zero-order chi connectivity index (χ0) is 9.84. The van der Waals surface area contributed by atoms with Crippen LogP contribution in [0.3, 0.4) is 0 Å². The first kappa shape index (κ1) is 9.99. The molecule has 0 fully saturated rings. The average molecular weight is 181 g/mol. The fourth-order valence-corrected chi connectivity index (χ4v) is 1.38. The number of pyridine rings is 1. The number of aromatic nitrogens is 1. The summed E-state index contributed by atoms with van der Waals surface area (Å²) in [6.07, 6.45) is 1.20. The van der Waals surface area contributed by atoms with E-state index in [0.717, 1.165) is 24.1 Å². The number of aromatic amines is 1. The van der Waals surface area contributed by atoms with Crippen LogP contribution in [0.25, 0.3) is 0 Å². The van der Waals surface area contributed by atoms with E-state index in [9.17, 15) is 9.90 Å². The van der Waals surface area contributed by atoms with Gasteiger partial charge in [-0.15, -0.1) is 0 Å². The first-order chi connectivity index (χ1) is 6.15. The van der Waals surface area contributed by atoms with Crippen LogP contribution in [0.4, 0.5) is 0 Å². The number of nitrogens with one attached hydrogen (secondary N) is 1. The maximum atomic E-state index is 10.9. The normalized spacial score (nSPS) is 12.8. The topological polar surface area (TPSA) is 53.1 Å². The summed E-state index contributed by atoms with van der Waals surface area (Å²) in [6.45, 7) is 3.82. The van der Waals surface area contributed by atoms with Crippen molar-refractivity contribution in [3.8, 4) is 0 Å². The van der Waals surface area contributed by atoms with Crippen molar-refractivity contribution in [2.24, 2.45) is 0 Å². The molecule has 0 saturated carbocycles. The lowest BCUT2D eigenvalue weighted by Gasteiger charge is -2.11. The number of aryl methyl sites for hydroxylation is 1. The highest BCUT2D eigenvalue weighted by molar-refractivity contribution is 5.20. The molecule has 0 aromatic carbocycles. The van der Waals surface area contributed by atoms with Gasteiger partial charge in [-0.2, -0.15) is 0 Å². The standard InChI is InChI=1S/C10H15NO2/c1-3-4-9(12)8-5-6-10(13)11-7(8)2/h5-6,9,12H,3-4H2,1-2H3,(H,11,13)/t9-/m0/s1. The van der Waals surface area contributed by atoms with Gasteiger partial charge in [-0.1, -0.05) is 13.3 Å². The average Bonchev–Trinajstić information content (AvgIpc) is 2.04. The Balaban J connectivity index is 2.94. The van der Waals surface area contributed by atoms with Crippen molar-refractivity contribution in [3.63, 3.8) is 0 Å². The molecule has 0 unspecified atom stereocenters. The highest BCUT2D eigenvalue weighted by atomic mass is 16.3. The van der Waals surface area contributed by atoms with Gasteiger partial charge < -0.3 is 10.1 Å². The smallest absolute Gasteiger partial charge is 0.248 e. The molecule has 0 saturated heterocycles. The molecule has 0 radical (unpaired) electrons. The van der Waals surface area contributed by atoms with Gasteiger partial charge in [0.05, 0.1) is 6.10 Å². The van der Waals surface area contributed by atoms with E-state index in [0.29, 0.717) is 0 Å². The van der Waals surface area contributed by atoms with Gasteiger partial charge in [-0.3, -0.25) is 4.79 Å². The minimum atomic E-state index is -0.457. The van der Waals surface area contributed by atoms with E-state index in [4.69, 9.17) is 0 Å². The molecule has 0 aliphatic heterocycles. The van der Waals surface area contributed by atoms with E-state index in [-0.39, 0.29) is 5.56 Å². The predicted octanol–water partition coefficient (Wildman–Crippen LogP) is 1.52. The molecule has 0 spiro atoms. The largest absolute Gasteiger partial charge is 0.388 e. The van der Waals surface area contributed by atoms with E-state index in [1.165, 1.54) is 6.07 Å². The fraction of sp³-hybridized carbons (Fsp3) is 0.500. The van der Waals surface area contributed by atoms with Crippen molar-refractivity contribution in [2.75, 3.05) is 0 Å². The first-order valence-corrected chi connectivity index (χ1v) is 4.53. The third-order valence-electron chi connectivity index (χ3n) is 2.08. The molecule has 3 heteroatoms. The summed E-state index contributed by atoms with van der Waals surface area (Å²) in [5.74, 6) is 0. The van der Waals surface area contributed by atoms with Gasteiger partial charge in [-0.25, -0.2) is 0 Å². The number of aliphatic hydroxyl groups excluding tert-OH is 1. The van der Waals surface area contributed by atoms with Crippen LogP contribution < -0.4 is 5.56 Å². The van der Waals surface area contributed by atoms with Gasteiger partial charge in [0.15, 0.2) is 0 Å². The van der Waals surface area contributed by atoms with Gasteiger partial charge in [0.25, 0.3) is 0 Å². The molecule has 3 nitrogen and oxygen atoms in total. The highest BCUT2D eigenvalue weighted by Gasteiger charge is 2.08. The molecule has 0 amide bonds. The van der Waals surface area contributed by atoms with Crippen LogP contribution in [0, 0.1) is 6.92 Å². The van der Waals surface area contributed by atoms with Crippen LogP contribution in [0.2, 0.25) is 0 Å². The van der Waals surface area contributed by atoms with Crippen LogP contribution in [0.15, 0.2) is 16.9 Å². The van der Waals surface area contributed by atoms with Crippen LogP contribution in [0.5, 0.6) is 0 Å². The molecule has 1 aromatic rings. The van der Waals surface area contributed by atoms with Gasteiger partial charge in [0, 0.05) is 11.8 Å². The lowest BCUT2D eigenvalue weighted by atomic mass is 10.0. The summed E-state index contributed by atoms with van der Waals surface area (Å²) in [5, 5.41) is 9.67. The lowest BCUT2D eigenvalue weighted by Crippen LogP contribution is -2.10. The predicted molar refractivity (Wildman–Crippen MR) is 51.7 cm³/mol. The van der Waals surface area contributed by atoms with Crippen LogP contribution in [0.1, 0.15) is 37.1 Å². The van der Waals surface area contributed by atoms with Crippen molar-refractivity contribution in [2.45, 2.75) is 32.8 Å². The van der Waals surface area contributed by atoms with Gasteiger partial charge in [-0.05, 0) is 25.0 Å². The lowest BCUT2D eigenvalue weighted by molar-refractivity contribution is 0.165. The molecule has 0 aliphatic carbocycles. The number of H-pyrrole nitrogens is 1. The Morgan fingerprint density at radius 2 is 2.23 bits per heavy atom. The minimum Gasteiger partial charge on any atom is -0.388 e. The van der Waals surface area contributed by atoms with E-state index in [1.54, 1.807) is 13.0 Å². The molecule has 1 heterocycles. The third kappa shape index (κ3) is 2.42. The maximum Gasteiger partial charge on any atom is 0.248 e. The minimum absolute atomic E-state index is 0.120. The molecule has 13 heavy (non-hydrogen) atoms. The van der Waals surface area contributed by atoms with Crippen molar-refractivity contribution >= 4 is 0 Å². The van der Waals surface area contributed by atoms with Crippen molar-refractivity contribution < 1.29 is 5.11 Å². The SMILES string of the molecule is CCC[C@H](O)c1ccc(=O)[nH]c1C. The van der Waals surface area contributed by atoms with Crippen molar-refractivity contribution in [1.82, 2.24) is 4.98 Å². The van der Waals surface area contributed by atoms with Gasteiger partial charge in [0.1, 0.15) is 0 Å². The van der Waals surface area contributed by atoms with Crippen molar-refractivity contribution in [1.29, 1.82) is 0 Å². The molecule has 0 bridgehead atoms. The Bertz CT molecular complexity index is 330. The number of hydrogen-bond donors (Lipinski definition) is 2. The highest BCUT2D eigenvalue weighted by Crippen LogP contribution is 2.18. The molecule has 1 rings (SSSR count). The number of aliphatic hydroxyl groups is 1. The Morgan fingerprint density at radius 1 is 1.54 bits per heavy atom. The van der Waals surface area contributed by atoms with E-state index in [2.05, 4.69) is 4.98 Å². The number of hydrogen-bond acceptors (Lipinski definition) is 2. The van der Waals surface area contributed by atoms with Crippen LogP contribution >= 0.6 is 0 Å². The van der Waals surface area contributed by atoms with E-state index >= 15 is 0 Å². The molecule has 0 aliphatic rings. The summed E-state index contributed by atoms with van der Waals surface area (Å²) in [5.41, 5.74) is 1.46. The summed E-state index contributed by atoms with van der Waals surface area (Å²) in [4.78, 5) is 13.5. The second-order valence-electron chi connectivity index (χ2n) is 3.21. The fourth-order valence-electron chi connectivity index (χ4n) is 1.38. The quantitative estimate of drug-likeness (QED) is 0.742. The monoisotopic (exact) mass is 181 g/mol. The van der Waals surface area contributed by atoms with Gasteiger partial charge >= 0.3 is 0 Å². The van der Waals surface area contributed by atoms with Gasteiger partial charge in [0.2, 0.25) is 5.56 Å². The van der Waals surface area contributed by atoms with Crippen LogP contribution in [-0.4, -0.2) is 10.1 Å². The van der Waals surface area contributed by atoms with Crippen molar-refractivity contribution in [3.05, 3.63) is 33.7 Å². The maximum absolute atomic E-state index is 10.9. The summed E-state index contributed by atoms with van der Waals surface area (Å²) in [7, 11) is 0. The zero-order valence-electron chi connectivity index (χ0n) is 8.00. The molecule has 72 valence electrons. The zero-order valence-corrected chi connectivity index (χ0v) is 8.00. The summed E-state index contributed by atoms with van der Waals surface area (Å²) < 4.78 is 0. The Hall–Kier alpha value is -1.09. The molecular formula is C10H15NO2. The molecule has 2 N–H and O–H groups in total. The first-order valence-electron chi connectivity index (χ1n) is 4.53. The summed E-state index contributed by atoms with van der Waals surface area (Å²) in [6, 6.07) is 3.13. The Labute approximate surface area is 77.4 Å². The van der Waals surface area contributed by atoms with Crippen LogP contribution in [-0.2, 0) is 0 Å². The van der Waals surface area contributed by atoms with E-state index in [1.807, 2.05) is 6.92 Å². The second-order valence-corrected chi connectivity index (χ2v) is 3.21.